The van der Waals surface area contributed by atoms with Crippen molar-refractivity contribution in [1.82, 2.24) is 0 Å². The Morgan fingerprint density at radius 2 is 1.21 bits per heavy atom. The number of para-hydroxylation sites is 5. The molecule has 0 saturated carbocycles. The molecule has 3 aromatic rings. The molecule has 0 saturated heterocycles. The molecule has 24 heavy (non-hydrogen) atoms. The monoisotopic (exact) mass is 340 g/mol. The summed E-state index contributed by atoms with van der Waals surface area (Å²) in [7, 11) is -0.259. The predicted molar refractivity (Wildman–Crippen MR) is 90.0 cm³/mol. The molecule has 0 fully saturated rings. The predicted octanol–water partition coefficient (Wildman–Crippen LogP) is 4.60. The zero-order valence-corrected chi connectivity index (χ0v) is 13.3. The first kappa shape index (κ1) is 15.8. The van der Waals surface area contributed by atoms with Gasteiger partial charge in [0.2, 0.25) is 0 Å². The van der Waals surface area contributed by atoms with E-state index in [2.05, 4.69) is 0 Å². The average Bonchev–Trinajstić information content (AvgIpc) is 2.60. The smallest absolute Gasteiger partial charge is 0.196 e. The number of hydrogen-bond donors (Lipinski definition) is 2. The van der Waals surface area contributed by atoms with Gasteiger partial charge in [-0.05, 0) is 36.4 Å². The van der Waals surface area contributed by atoms with Crippen LogP contribution < -0.4 is 14.8 Å². The van der Waals surface area contributed by atoms with E-state index in [0.29, 0.717) is 5.30 Å². The summed E-state index contributed by atoms with van der Waals surface area (Å²) in [5.41, 5.74) is 0. The first-order valence-electron chi connectivity index (χ1n) is 7.07. The number of hydrogen-bond acceptors (Lipinski definition) is 5. The Morgan fingerprint density at radius 3 is 1.79 bits per heavy atom. The molecule has 0 unspecified atom stereocenters. The van der Waals surface area contributed by atoms with Crippen molar-refractivity contribution in [2.75, 3.05) is 0 Å². The van der Waals surface area contributed by atoms with Crippen molar-refractivity contribution < 1.29 is 24.3 Å². The standard InChI is InChI=1S/C18H13O5P/c19-12-6-1-3-8-14(12)22-16-10-5-11-17(24-21)18(16)23-15-9-4-2-7-13(15)20/h1-11,19-20H. The second-order valence-corrected chi connectivity index (χ2v) is 5.50. The molecule has 0 aliphatic rings. The van der Waals surface area contributed by atoms with Gasteiger partial charge in [-0.2, -0.15) is 0 Å². The van der Waals surface area contributed by atoms with E-state index in [4.69, 9.17) is 9.47 Å². The van der Waals surface area contributed by atoms with Gasteiger partial charge >= 0.3 is 0 Å². The summed E-state index contributed by atoms with van der Waals surface area (Å²) in [6.45, 7) is 0. The van der Waals surface area contributed by atoms with Crippen molar-refractivity contribution in [2.24, 2.45) is 0 Å². The van der Waals surface area contributed by atoms with Crippen LogP contribution in [0.2, 0.25) is 0 Å². The summed E-state index contributed by atoms with van der Waals surface area (Å²) in [6, 6.07) is 17.8. The Bertz CT molecular complexity index is 879. The van der Waals surface area contributed by atoms with Gasteiger partial charge in [-0.25, -0.2) is 0 Å². The zero-order chi connectivity index (χ0) is 16.9. The molecule has 3 aromatic carbocycles. The Morgan fingerprint density at radius 1 is 0.667 bits per heavy atom. The number of phenols is 2. The van der Waals surface area contributed by atoms with Gasteiger partial charge < -0.3 is 19.7 Å². The maximum Gasteiger partial charge on any atom is 0.196 e. The Hall–Kier alpha value is -3.04. The fourth-order valence-corrected chi connectivity index (χ4v) is 2.46. The minimum Gasteiger partial charge on any atom is -0.504 e. The van der Waals surface area contributed by atoms with E-state index < -0.39 is 0 Å². The number of rotatable bonds is 5. The summed E-state index contributed by atoms with van der Waals surface area (Å²) in [4.78, 5) is 0. The molecule has 120 valence electrons. The van der Waals surface area contributed by atoms with Gasteiger partial charge in [-0.3, -0.25) is 4.57 Å². The average molecular weight is 340 g/mol. The molecule has 2 N–H and O–H groups in total. The molecule has 5 nitrogen and oxygen atoms in total. The third-order valence-corrected chi connectivity index (χ3v) is 3.77. The molecular weight excluding hydrogens is 327 g/mol. The second-order valence-electron chi connectivity index (χ2n) is 4.84. The fourth-order valence-electron chi connectivity index (χ4n) is 2.07. The van der Waals surface area contributed by atoms with E-state index in [9.17, 15) is 14.8 Å². The van der Waals surface area contributed by atoms with Gasteiger partial charge in [0, 0.05) is 0 Å². The lowest BCUT2D eigenvalue weighted by atomic mass is 10.3. The van der Waals surface area contributed by atoms with E-state index in [1.165, 1.54) is 12.1 Å². The maximum absolute atomic E-state index is 11.4. The van der Waals surface area contributed by atoms with Crippen LogP contribution in [-0.4, -0.2) is 10.2 Å². The molecule has 0 aliphatic carbocycles. The highest BCUT2D eigenvalue weighted by molar-refractivity contribution is 7.34. The van der Waals surface area contributed by atoms with Crippen molar-refractivity contribution in [3.05, 3.63) is 66.7 Å². The van der Waals surface area contributed by atoms with Crippen molar-refractivity contribution in [1.29, 1.82) is 0 Å². The molecule has 0 atom stereocenters. The molecule has 0 aromatic heterocycles. The topological polar surface area (TPSA) is 76.0 Å². The highest BCUT2D eigenvalue weighted by Crippen LogP contribution is 2.39. The van der Waals surface area contributed by atoms with Crippen LogP contribution in [0.4, 0.5) is 0 Å². The first-order valence-corrected chi connectivity index (χ1v) is 7.88. The zero-order valence-electron chi connectivity index (χ0n) is 12.4. The molecule has 0 spiro atoms. The molecule has 0 bridgehead atoms. The summed E-state index contributed by atoms with van der Waals surface area (Å²) in [6.07, 6.45) is 0. The van der Waals surface area contributed by atoms with Crippen LogP contribution in [0.25, 0.3) is 0 Å². The van der Waals surface area contributed by atoms with Crippen LogP contribution >= 0.6 is 8.46 Å². The Labute approximate surface area is 139 Å². The molecule has 0 heterocycles. The third-order valence-electron chi connectivity index (χ3n) is 3.22. The summed E-state index contributed by atoms with van der Waals surface area (Å²) >= 11 is 0. The van der Waals surface area contributed by atoms with E-state index in [0.717, 1.165) is 0 Å². The second kappa shape index (κ2) is 7.02. The van der Waals surface area contributed by atoms with Gasteiger partial charge in [0.1, 0.15) is 0 Å². The molecule has 3 rings (SSSR count). The Kier molecular flexibility index (Phi) is 4.64. The van der Waals surface area contributed by atoms with Gasteiger partial charge in [0.05, 0.1) is 5.30 Å². The van der Waals surface area contributed by atoms with E-state index in [1.807, 2.05) is 0 Å². The van der Waals surface area contributed by atoms with Crippen LogP contribution in [0.15, 0.2) is 66.7 Å². The largest absolute Gasteiger partial charge is 0.504 e. The SMILES string of the molecule is O=Pc1cccc(Oc2ccccc2O)c1Oc1ccccc1O. The highest BCUT2D eigenvalue weighted by atomic mass is 31.1. The summed E-state index contributed by atoms with van der Waals surface area (Å²) in [5, 5.41) is 20.1. The van der Waals surface area contributed by atoms with Gasteiger partial charge in [0.15, 0.2) is 43.0 Å². The van der Waals surface area contributed by atoms with Crippen LogP contribution in [0, 0.1) is 0 Å². The summed E-state index contributed by atoms with van der Waals surface area (Å²) in [5.74, 6) is 0.814. The number of phenolic OH excluding ortho intramolecular Hbond substituents is 2. The minimum atomic E-state index is -0.259. The van der Waals surface area contributed by atoms with Crippen LogP contribution in [0.1, 0.15) is 0 Å². The van der Waals surface area contributed by atoms with E-state index >= 15 is 0 Å². The van der Waals surface area contributed by atoms with Crippen molar-refractivity contribution in [3.8, 4) is 34.5 Å². The number of aromatic hydroxyl groups is 2. The third kappa shape index (κ3) is 3.31. The lowest BCUT2D eigenvalue weighted by molar-refractivity contribution is 0.378. The lowest BCUT2D eigenvalue weighted by Crippen LogP contribution is -2.01. The van der Waals surface area contributed by atoms with Crippen molar-refractivity contribution >= 4 is 13.8 Å². The number of benzene rings is 3. The van der Waals surface area contributed by atoms with Gasteiger partial charge in [0.25, 0.3) is 0 Å². The normalized spacial score (nSPS) is 10.5. The molecule has 0 amide bonds. The van der Waals surface area contributed by atoms with Gasteiger partial charge in [-0.15, -0.1) is 0 Å². The Balaban J connectivity index is 2.02. The van der Waals surface area contributed by atoms with Crippen LogP contribution in [-0.2, 0) is 4.57 Å². The molecule has 0 aliphatic heterocycles. The van der Waals surface area contributed by atoms with Gasteiger partial charge in [-0.1, -0.05) is 30.3 Å². The quantitative estimate of drug-likeness (QED) is 0.664. The molecule has 6 heteroatoms. The molecule has 0 radical (unpaired) electrons. The fraction of sp³-hybridized carbons (Fsp3) is 0. The van der Waals surface area contributed by atoms with Crippen LogP contribution in [0.3, 0.4) is 0 Å². The lowest BCUT2D eigenvalue weighted by Gasteiger charge is -2.14. The van der Waals surface area contributed by atoms with Crippen molar-refractivity contribution in [2.45, 2.75) is 0 Å². The first-order chi connectivity index (χ1) is 11.7. The van der Waals surface area contributed by atoms with Crippen molar-refractivity contribution in [3.63, 3.8) is 0 Å². The highest BCUT2D eigenvalue weighted by Gasteiger charge is 2.16. The summed E-state index contributed by atoms with van der Waals surface area (Å²) < 4.78 is 22.8. The van der Waals surface area contributed by atoms with E-state index in [1.54, 1.807) is 54.6 Å². The minimum absolute atomic E-state index is 0.0314. The molecular formula is C18H13O5P. The number of ether oxygens (including phenoxy) is 2. The van der Waals surface area contributed by atoms with Crippen LogP contribution in [0.5, 0.6) is 34.5 Å². The maximum atomic E-state index is 11.4. The van der Waals surface area contributed by atoms with E-state index in [-0.39, 0.29) is 43.0 Å².